The fourth-order valence-electron chi connectivity index (χ4n) is 1.92. The third-order valence-corrected chi connectivity index (χ3v) is 4.69. The van der Waals surface area contributed by atoms with E-state index in [1.54, 1.807) is 30.3 Å². The molecule has 0 saturated carbocycles. The quantitative estimate of drug-likeness (QED) is 0.795. The minimum atomic E-state index is -0.194. The van der Waals surface area contributed by atoms with Gasteiger partial charge < -0.3 is 15.5 Å². The van der Waals surface area contributed by atoms with Gasteiger partial charge in [-0.2, -0.15) is 0 Å². The van der Waals surface area contributed by atoms with Crippen LogP contribution < -0.4 is 10.6 Å². The highest BCUT2D eigenvalue weighted by Crippen LogP contribution is 2.34. The Morgan fingerprint density at radius 1 is 1.47 bits per heavy atom. The minimum Gasteiger partial charge on any atom is -0.350 e. The highest BCUT2D eigenvalue weighted by atomic mass is 79.9. The van der Waals surface area contributed by atoms with Gasteiger partial charge in [0.05, 0.1) is 15.4 Å². The van der Waals surface area contributed by atoms with Crippen LogP contribution in [0.25, 0.3) is 0 Å². The number of thiophene rings is 1. The molecule has 0 spiro atoms. The molecule has 7 heteroatoms. The van der Waals surface area contributed by atoms with Crippen molar-refractivity contribution in [3.8, 4) is 0 Å². The van der Waals surface area contributed by atoms with Crippen molar-refractivity contribution in [3.05, 3.63) is 32.1 Å². The van der Waals surface area contributed by atoms with Crippen molar-refractivity contribution < 1.29 is 4.79 Å². The number of nitrogens with one attached hydrogen (secondary N) is 2. The van der Waals surface area contributed by atoms with Crippen LogP contribution in [0.2, 0.25) is 0 Å². The first-order chi connectivity index (χ1) is 8.90. The topological polar surface area (TPSA) is 44.4 Å². The van der Waals surface area contributed by atoms with E-state index in [2.05, 4.69) is 26.6 Å². The van der Waals surface area contributed by atoms with Crippen LogP contribution in [0.3, 0.4) is 0 Å². The summed E-state index contributed by atoms with van der Waals surface area (Å²) in [6, 6.07) is 3.77. The molecule has 0 fully saturated rings. The van der Waals surface area contributed by atoms with Gasteiger partial charge in [0.1, 0.15) is 0 Å². The zero-order valence-corrected chi connectivity index (χ0v) is 14.0. The van der Waals surface area contributed by atoms with Crippen LogP contribution in [0, 0.1) is 0 Å². The van der Waals surface area contributed by atoms with E-state index in [0.717, 1.165) is 14.4 Å². The van der Waals surface area contributed by atoms with Crippen LogP contribution in [-0.2, 0) is 4.79 Å². The number of carbonyl (C=O) groups is 1. The van der Waals surface area contributed by atoms with Gasteiger partial charge in [-0.1, -0.05) is 0 Å². The van der Waals surface area contributed by atoms with Gasteiger partial charge in [0, 0.05) is 24.7 Å². The van der Waals surface area contributed by atoms with E-state index in [1.807, 2.05) is 19.1 Å². The summed E-state index contributed by atoms with van der Waals surface area (Å²) in [5.41, 5.74) is 1.50. The van der Waals surface area contributed by atoms with Gasteiger partial charge >= 0.3 is 0 Å². The van der Waals surface area contributed by atoms with Crippen LogP contribution in [-0.4, -0.2) is 30.0 Å². The average Bonchev–Trinajstić information content (AvgIpc) is 2.74. The maximum atomic E-state index is 12.3. The zero-order valence-electron chi connectivity index (χ0n) is 10.8. The van der Waals surface area contributed by atoms with Gasteiger partial charge in [-0.05, 0) is 47.2 Å². The van der Waals surface area contributed by atoms with E-state index in [-0.39, 0.29) is 11.9 Å². The lowest BCUT2D eigenvalue weighted by molar-refractivity contribution is -0.125. The smallest absolute Gasteiger partial charge is 0.253 e. The minimum absolute atomic E-state index is 0.0190. The van der Waals surface area contributed by atoms with Crippen LogP contribution in [0.5, 0.6) is 0 Å². The number of nitrogens with zero attached hydrogens (tertiary/aromatic N) is 1. The Labute approximate surface area is 130 Å². The molecule has 0 aliphatic carbocycles. The van der Waals surface area contributed by atoms with Crippen LogP contribution in [0.1, 0.15) is 17.8 Å². The molecule has 102 valence electrons. The highest BCUT2D eigenvalue weighted by Gasteiger charge is 2.31. The lowest BCUT2D eigenvalue weighted by Gasteiger charge is -2.30. The monoisotopic (exact) mass is 359 g/mol. The van der Waals surface area contributed by atoms with E-state index in [0.29, 0.717) is 10.7 Å². The molecule has 0 aromatic carbocycles. The molecule has 1 aliphatic heterocycles. The number of halogens is 1. The van der Waals surface area contributed by atoms with Gasteiger partial charge in [-0.15, -0.1) is 11.3 Å². The summed E-state index contributed by atoms with van der Waals surface area (Å²) in [6.45, 7) is 1.87. The average molecular weight is 360 g/mol. The second-order valence-electron chi connectivity index (χ2n) is 4.41. The Hall–Kier alpha value is -0.920. The lowest BCUT2D eigenvalue weighted by Crippen LogP contribution is -2.46. The van der Waals surface area contributed by atoms with Crippen molar-refractivity contribution in [3.63, 3.8) is 0 Å². The molecule has 1 amide bonds. The van der Waals surface area contributed by atoms with Crippen LogP contribution in [0.15, 0.2) is 27.2 Å². The molecule has 2 N–H and O–H groups in total. The van der Waals surface area contributed by atoms with Gasteiger partial charge in [-0.25, -0.2) is 0 Å². The molecular weight excluding hydrogens is 346 g/mol. The molecule has 0 saturated heterocycles. The molecule has 0 unspecified atom stereocenters. The Morgan fingerprint density at radius 2 is 2.16 bits per heavy atom. The molecule has 4 nitrogen and oxygen atoms in total. The van der Waals surface area contributed by atoms with Crippen molar-refractivity contribution in [1.29, 1.82) is 0 Å². The second-order valence-corrected chi connectivity index (χ2v) is 7.31. The van der Waals surface area contributed by atoms with E-state index in [4.69, 9.17) is 12.2 Å². The predicted molar refractivity (Wildman–Crippen MR) is 85.0 cm³/mol. The molecule has 1 aromatic heterocycles. The van der Waals surface area contributed by atoms with Crippen molar-refractivity contribution in [1.82, 2.24) is 15.5 Å². The summed E-state index contributed by atoms with van der Waals surface area (Å²) in [4.78, 5) is 15.0. The number of carbonyl (C=O) groups excluding carboxylic acids is 1. The van der Waals surface area contributed by atoms with E-state index >= 15 is 0 Å². The van der Waals surface area contributed by atoms with Gasteiger partial charge in [0.25, 0.3) is 5.91 Å². The van der Waals surface area contributed by atoms with Crippen LogP contribution in [0.4, 0.5) is 0 Å². The molecule has 0 radical (unpaired) electrons. The normalized spacial score (nSPS) is 18.9. The van der Waals surface area contributed by atoms with E-state index in [1.165, 1.54) is 0 Å². The summed E-state index contributed by atoms with van der Waals surface area (Å²) >= 11 is 10.2. The Kier molecular flexibility index (Phi) is 4.27. The lowest BCUT2D eigenvalue weighted by atomic mass is 10.0. The van der Waals surface area contributed by atoms with Gasteiger partial charge in [0.2, 0.25) is 0 Å². The maximum Gasteiger partial charge on any atom is 0.253 e. The largest absolute Gasteiger partial charge is 0.350 e. The third kappa shape index (κ3) is 2.98. The number of amides is 1. The highest BCUT2D eigenvalue weighted by molar-refractivity contribution is 9.11. The molecule has 19 heavy (non-hydrogen) atoms. The summed E-state index contributed by atoms with van der Waals surface area (Å²) in [5, 5.41) is 6.73. The van der Waals surface area contributed by atoms with Crippen molar-refractivity contribution >= 4 is 50.5 Å². The van der Waals surface area contributed by atoms with Gasteiger partial charge in [0.15, 0.2) is 5.11 Å². The van der Waals surface area contributed by atoms with Crippen molar-refractivity contribution in [2.45, 2.75) is 13.0 Å². The standard InChI is InChI=1S/C12H14BrN3OS2/c1-6-9(11(17)16(2)3)10(15-12(18)14-6)7-4-5-8(13)19-7/h4-5,10H,1-3H3,(H2,14,15,18)/t10-/m0/s1. The molecular formula is C12H14BrN3OS2. The molecule has 1 aliphatic rings. The Morgan fingerprint density at radius 3 is 2.68 bits per heavy atom. The van der Waals surface area contributed by atoms with Crippen molar-refractivity contribution in [2.24, 2.45) is 0 Å². The zero-order chi connectivity index (χ0) is 14.2. The number of hydrogen-bond donors (Lipinski definition) is 2. The summed E-state index contributed by atoms with van der Waals surface area (Å²) in [7, 11) is 3.49. The SMILES string of the molecule is CC1=C(C(=O)N(C)C)[C@H](c2ccc(Br)s2)NC(=S)N1. The number of rotatable bonds is 2. The Bertz CT molecular complexity index is 565. The fourth-order valence-corrected chi connectivity index (χ4v) is 3.67. The summed E-state index contributed by atoms with van der Waals surface area (Å²) in [5.74, 6) is -0.0190. The molecule has 2 rings (SSSR count). The first-order valence-electron chi connectivity index (χ1n) is 5.65. The number of hydrogen-bond acceptors (Lipinski definition) is 3. The van der Waals surface area contributed by atoms with Crippen LogP contribution >= 0.6 is 39.5 Å². The first-order valence-corrected chi connectivity index (χ1v) is 7.67. The second kappa shape index (κ2) is 5.60. The number of allylic oxidation sites excluding steroid dienone is 1. The fraction of sp³-hybridized carbons (Fsp3) is 0.333. The van der Waals surface area contributed by atoms with E-state index < -0.39 is 0 Å². The summed E-state index contributed by atoms with van der Waals surface area (Å²) < 4.78 is 1.03. The summed E-state index contributed by atoms with van der Waals surface area (Å²) in [6.07, 6.45) is 0. The predicted octanol–water partition coefficient (Wildman–Crippen LogP) is 2.39. The molecule has 1 atom stereocenters. The Balaban J connectivity index is 2.46. The van der Waals surface area contributed by atoms with E-state index in [9.17, 15) is 4.79 Å². The molecule has 0 bridgehead atoms. The number of likely N-dealkylation sites (N-methyl/N-ethyl adjacent to an activating group) is 1. The third-order valence-electron chi connectivity index (χ3n) is 2.78. The molecule has 2 heterocycles. The number of thiocarbonyl (C=S) groups is 1. The van der Waals surface area contributed by atoms with Crippen molar-refractivity contribution in [2.75, 3.05) is 14.1 Å². The first kappa shape index (κ1) is 14.5. The molecule has 1 aromatic rings. The van der Waals surface area contributed by atoms with Gasteiger partial charge in [-0.3, -0.25) is 4.79 Å². The maximum absolute atomic E-state index is 12.3.